The first-order valence-electron chi connectivity index (χ1n) is 6.21. The van der Waals surface area contributed by atoms with Crippen LogP contribution in [-0.2, 0) is 4.79 Å². The van der Waals surface area contributed by atoms with Crippen LogP contribution in [0, 0.1) is 17.8 Å². The third-order valence-electron chi connectivity index (χ3n) is 4.74. The summed E-state index contributed by atoms with van der Waals surface area (Å²) in [6.07, 6.45) is 6.44. The van der Waals surface area contributed by atoms with Gasteiger partial charge in [-0.2, -0.15) is 0 Å². The molecule has 0 radical (unpaired) electrons. The molecule has 84 valence electrons. The number of fused-ring (bicyclic) bond motifs is 2. The van der Waals surface area contributed by atoms with Gasteiger partial charge in [0, 0.05) is 12.6 Å². The van der Waals surface area contributed by atoms with Crippen molar-refractivity contribution in [2.45, 2.75) is 38.1 Å². The number of carboxylic acid groups (broad SMARTS) is 1. The van der Waals surface area contributed by atoms with Gasteiger partial charge in [-0.1, -0.05) is 6.42 Å². The average molecular weight is 209 g/mol. The molecule has 15 heavy (non-hydrogen) atoms. The van der Waals surface area contributed by atoms with E-state index in [0.717, 1.165) is 37.4 Å². The predicted octanol–water partition coefficient (Wildman–Crippen LogP) is 1.58. The highest BCUT2D eigenvalue weighted by molar-refractivity contribution is 5.70. The van der Waals surface area contributed by atoms with Gasteiger partial charge in [0.1, 0.15) is 0 Å². The van der Waals surface area contributed by atoms with E-state index in [1.54, 1.807) is 0 Å². The molecule has 2 bridgehead atoms. The summed E-state index contributed by atoms with van der Waals surface area (Å²) in [7, 11) is 0. The lowest BCUT2D eigenvalue weighted by molar-refractivity contribution is -0.141. The second kappa shape index (κ2) is 3.48. The standard InChI is InChI=1S/C12H19NO2/c14-12(15)10-3-4-13(7-10)11-6-8-1-2-9(11)5-8/h8-11H,1-7H2,(H,14,15). The van der Waals surface area contributed by atoms with E-state index < -0.39 is 5.97 Å². The Morgan fingerprint density at radius 1 is 1.20 bits per heavy atom. The lowest BCUT2D eigenvalue weighted by atomic mass is 9.94. The van der Waals surface area contributed by atoms with Crippen LogP contribution in [0.1, 0.15) is 32.1 Å². The molecule has 1 heterocycles. The molecule has 3 heteroatoms. The second-order valence-electron chi connectivity index (χ2n) is 5.56. The number of rotatable bonds is 2. The minimum atomic E-state index is -0.597. The summed E-state index contributed by atoms with van der Waals surface area (Å²) in [5, 5.41) is 8.98. The van der Waals surface area contributed by atoms with Gasteiger partial charge in [0.25, 0.3) is 0 Å². The highest BCUT2D eigenvalue weighted by atomic mass is 16.4. The monoisotopic (exact) mass is 209 g/mol. The molecule has 0 aromatic rings. The quantitative estimate of drug-likeness (QED) is 0.750. The van der Waals surface area contributed by atoms with Crippen LogP contribution in [0.25, 0.3) is 0 Å². The first-order valence-corrected chi connectivity index (χ1v) is 6.21. The highest BCUT2D eigenvalue weighted by Gasteiger charge is 2.44. The van der Waals surface area contributed by atoms with Crippen LogP contribution in [0.4, 0.5) is 0 Å². The van der Waals surface area contributed by atoms with E-state index in [9.17, 15) is 4.79 Å². The summed E-state index contributed by atoms with van der Waals surface area (Å²) in [4.78, 5) is 13.4. The number of carboxylic acids is 1. The molecular formula is C12H19NO2. The molecule has 4 unspecified atom stereocenters. The van der Waals surface area contributed by atoms with Gasteiger partial charge < -0.3 is 5.11 Å². The summed E-state index contributed by atoms with van der Waals surface area (Å²) < 4.78 is 0. The summed E-state index contributed by atoms with van der Waals surface area (Å²) >= 11 is 0. The van der Waals surface area contributed by atoms with Crippen molar-refractivity contribution in [1.82, 2.24) is 4.90 Å². The van der Waals surface area contributed by atoms with Crippen LogP contribution < -0.4 is 0 Å². The number of hydrogen-bond donors (Lipinski definition) is 1. The molecule has 0 aromatic carbocycles. The third-order valence-corrected chi connectivity index (χ3v) is 4.74. The van der Waals surface area contributed by atoms with Crippen molar-refractivity contribution in [1.29, 1.82) is 0 Å². The number of nitrogens with zero attached hydrogens (tertiary/aromatic N) is 1. The van der Waals surface area contributed by atoms with Gasteiger partial charge in [-0.15, -0.1) is 0 Å². The van der Waals surface area contributed by atoms with E-state index in [1.165, 1.54) is 25.7 Å². The fourth-order valence-electron chi connectivity index (χ4n) is 3.95. The Kier molecular flexibility index (Phi) is 2.23. The molecule has 3 fully saturated rings. The van der Waals surface area contributed by atoms with Crippen molar-refractivity contribution in [3.63, 3.8) is 0 Å². The van der Waals surface area contributed by atoms with Crippen LogP contribution in [0.15, 0.2) is 0 Å². The predicted molar refractivity (Wildman–Crippen MR) is 56.6 cm³/mol. The van der Waals surface area contributed by atoms with E-state index in [4.69, 9.17) is 5.11 Å². The van der Waals surface area contributed by atoms with Gasteiger partial charge in [0.2, 0.25) is 0 Å². The third kappa shape index (κ3) is 1.57. The zero-order valence-electron chi connectivity index (χ0n) is 9.06. The maximum atomic E-state index is 10.9. The van der Waals surface area contributed by atoms with Gasteiger partial charge in [0.15, 0.2) is 0 Å². The van der Waals surface area contributed by atoms with E-state index in [1.807, 2.05) is 0 Å². The molecular weight excluding hydrogens is 190 g/mol. The van der Waals surface area contributed by atoms with E-state index >= 15 is 0 Å². The Hall–Kier alpha value is -0.570. The van der Waals surface area contributed by atoms with E-state index in [-0.39, 0.29) is 5.92 Å². The molecule has 0 amide bonds. The molecule has 2 aliphatic carbocycles. The zero-order valence-corrected chi connectivity index (χ0v) is 9.06. The molecule has 4 atom stereocenters. The molecule has 0 aromatic heterocycles. The summed E-state index contributed by atoms with van der Waals surface area (Å²) in [6.45, 7) is 1.83. The Morgan fingerprint density at radius 3 is 2.60 bits per heavy atom. The molecule has 0 spiro atoms. The maximum absolute atomic E-state index is 10.9. The number of likely N-dealkylation sites (tertiary alicyclic amines) is 1. The SMILES string of the molecule is O=C(O)C1CCN(C2CC3CCC2C3)C1. The molecule has 2 saturated carbocycles. The average Bonchev–Trinajstić information content (AvgIpc) is 2.93. The van der Waals surface area contributed by atoms with Crippen molar-refractivity contribution in [2.75, 3.05) is 13.1 Å². The minimum Gasteiger partial charge on any atom is -0.481 e. The fourth-order valence-corrected chi connectivity index (χ4v) is 3.95. The summed E-state index contributed by atoms with van der Waals surface area (Å²) in [5.74, 6) is 1.16. The van der Waals surface area contributed by atoms with Crippen molar-refractivity contribution in [3.05, 3.63) is 0 Å². The zero-order chi connectivity index (χ0) is 10.4. The first-order chi connectivity index (χ1) is 7.24. The first kappa shape index (κ1) is 9.64. The van der Waals surface area contributed by atoms with Crippen LogP contribution in [0.3, 0.4) is 0 Å². The van der Waals surface area contributed by atoms with Crippen molar-refractivity contribution >= 4 is 5.97 Å². The highest BCUT2D eigenvalue weighted by Crippen LogP contribution is 2.47. The minimum absolute atomic E-state index is 0.0934. The summed E-state index contributed by atoms with van der Waals surface area (Å²) in [5.41, 5.74) is 0. The van der Waals surface area contributed by atoms with Gasteiger partial charge in [-0.25, -0.2) is 0 Å². The molecule has 3 rings (SSSR count). The Bertz CT molecular complexity index is 279. The smallest absolute Gasteiger partial charge is 0.307 e. The molecule has 3 nitrogen and oxygen atoms in total. The summed E-state index contributed by atoms with van der Waals surface area (Å²) in [6, 6.07) is 0.730. The van der Waals surface area contributed by atoms with Crippen LogP contribution >= 0.6 is 0 Å². The Labute approximate surface area is 90.5 Å². The Morgan fingerprint density at radius 2 is 2.07 bits per heavy atom. The topological polar surface area (TPSA) is 40.5 Å². The van der Waals surface area contributed by atoms with Crippen molar-refractivity contribution < 1.29 is 9.90 Å². The molecule has 1 aliphatic heterocycles. The second-order valence-corrected chi connectivity index (χ2v) is 5.56. The van der Waals surface area contributed by atoms with Crippen LogP contribution in [0.2, 0.25) is 0 Å². The molecule has 3 aliphatic rings. The van der Waals surface area contributed by atoms with E-state index in [0.29, 0.717) is 0 Å². The lowest BCUT2D eigenvalue weighted by Gasteiger charge is -2.31. The Balaban J connectivity index is 1.63. The van der Waals surface area contributed by atoms with E-state index in [2.05, 4.69) is 4.90 Å². The van der Waals surface area contributed by atoms with Gasteiger partial charge >= 0.3 is 5.97 Å². The normalized spacial score (nSPS) is 45.1. The van der Waals surface area contributed by atoms with Crippen LogP contribution in [-0.4, -0.2) is 35.1 Å². The molecule has 1 N–H and O–H groups in total. The van der Waals surface area contributed by atoms with Crippen LogP contribution in [0.5, 0.6) is 0 Å². The van der Waals surface area contributed by atoms with Crippen molar-refractivity contribution in [3.8, 4) is 0 Å². The lowest BCUT2D eigenvalue weighted by Crippen LogP contribution is -2.37. The maximum Gasteiger partial charge on any atom is 0.307 e. The molecule has 1 saturated heterocycles. The van der Waals surface area contributed by atoms with Gasteiger partial charge in [0.05, 0.1) is 5.92 Å². The number of hydrogen-bond acceptors (Lipinski definition) is 2. The van der Waals surface area contributed by atoms with Crippen molar-refractivity contribution in [2.24, 2.45) is 17.8 Å². The number of aliphatic carboxylic acids is 1. The van der Waals surface area contributed by atoms with Gasteiger partial charge in [-0.3, -0.25) is 9.69 Å². The van der Waals surface area contributed by atoms with Gasteiger partial charge in [-0.05, 0) is 44.1 Å². The fraction of sp³-hybridized carbons (Fsp3) is 0.917. The number of carbonyl (C=O) groups is 1. The largest absolute Gasteiger partial charge is 0.481 e.